The summed E-state index contributed by atoms with van der Waals surface area (Å²) in [6.07, 6.45) is 0.682. The van der Waals surface area contributed by atoms with Crippen molar-refractivity contribution in [3.8, 4) is 6.07 Å². The Morgan fingerprint density at radius 2 is 2.16 bits per heavy atom. The Hall–Kier alpha value is -1.86. The van der Waals surface area contributed by atoms with Crippen molar-refractivity contribution in [3.05, 3.63) is 35.4 Å². The molecule has 0 aliphatic heterocycles. The van der Waals surface area contributed by atoms with Crippen molar-refractivity contribution >= 4 is 5.91 Å². The van der Waals surface area contributed by atoms with E-state index in [0.29, 0.717) is 24.4 Å². The largest absolute Gasteiger partial charge is 0.340 e. The van der Waals surface area contributed by atoms with Crippen LogP contribution in [-0.4, -0.2) is 23.9 Å². The normalized spacial score (nSPS) is 12.0. The minimum Gasteiger partial charge on any atom is -0.340 e. The SMILES string of the molecule is CC(C)C[C@H](N)C(=O)N(C)Cc1cccc(C#N)c1. The van der Waals surface area contributed by atoms with Crippen molar-refractivity contribution in [3.63, 3.8) is 0 Å². The summed E-state index contributed by atoms with van der Waals surface area (Å²) >= 11 is 0. The second-order valence-electron chi connectivity index (χ2n) is 5.24. The van der Waals surface area contributed by atoms with Crippen LogP contribution in [0.25, 0.3) is 0 Å². The van der Waals surface area contributed by atoms with E-state index in [0.717, 1.165) is 5.56 Å². The molecule has 0 heterocycles. The molecule has 102 valence electrons. The monoisotopic (exact) mass is 259 g/mol. The minimum absolute atomic E-state index is 0.0592. The van der Waals surface area contributed by atoms with Gasteiger partial charge in [-0.15, -0.1) is 0 Å². The molecule has 0 bridgehead atoms. The molecule has 1 amide bonds. The van der Waals surface area contributed by atoms with Crippen LogP contribution in [0.2, 0.25) is 0 Å². The molecule has 0 radical (unpaired) electrons. The van der Waals surface area contributed by atoms with Gasteiger partial charge in [0.05, 0.1) is 17.7 Å². The Morgan fingerprint density at radius 3 is 2.74 bits per heavy atom. The van der Waals surface area contributed by atoms with E-state index in [1.54, 1.807) is 24.1 Å². The van der Waals surface area contributed by atoms with Crippen LogP contribution in [0.1, 0.15) is 31.4 Å². The van der Waals surface area contributed by atoms with Gasteiger partial charge >= 0.3 is 0 Å². The lowest BCUT2D eigenvalue weighted by Crippen LogP contribution is -2.42. The molecule has 0 saturated heterocycles. The topological polar surface area (TPSA) is 70.1 Å². The van der Waals surface area contributed by atoms with Crippen LogP contribution >= 0.6 is 0 Å². The van der Waals surface area contributed by atoms with Crippen molar-refractivity contribution in [2.75, 3.05) is 7.05 Å². The van der Waals surface area contributed by atoms with E-state index in [4.69, 9.17) is 11.0 Å². The fraction of sp³-hybridized carbons (Fsp3) is 0.467. The summed E-state index contributed by atoms with van der Waals surface area (Å²) in [5, 5.41) is 8.84. The van der Waals surface area contributed by atoms with E-state index in [2.05, 4.69) is 6.07 Å². The lowest BCUT2D eigenvalue weighted by atomic mass is 10.0. The maximum Gasteiger partial charge on any atom is 0.239 e. The summed E-state index contributed by atoms with van der Waals surface area (Å²) in [4.78, 5) is 13.7. The van der Waals surface area contributed by atoms with Gasteiger partial charge in [-0.2, -0.15) is 5.26 Å². The molecule has 0 aliphatic carbocycles. The highest BCUT2D eigenvalue weighted by atomic mass is 16.2. The molecule has 19 heavy (non-hydrogen) atoms. The number of amides is 1. The fourth-order valence-corrected chi connectivity index (χ4v) is 1.98. The molecule has 0 aliphatic rings. The molecule has 0 saturated carbocycles. The molecule has 4 heteroatoms. The standard InChI is InChI=1S/C15H21N3O/c1-11(2)7-14(17)15(19)18(3)10-13-6-4-5-12(8-13)9-16/h4-6,8,11,14H,7,10,17H2,1-3H3/t14-/m0/s1. The molecule has 0 fully saturated rings. The lowest BCUT2D eigenvalue weighted by Gasteiger charge is -2.22. The summed E-state index contributed by atoms with van der Waals surface area (Å²) < 4.78 is 0. The number of benzene rings is 1. The summed E-state index contributed by atoms with van der Waals surface area (Å²) in [6, 6.07) is 8.89. The van der Waals surface area contributed by atoms with Crippen LogP contribution in [0.4, 0.5) is 0 Å². The van der Waals surface area contributed by atoms with E-state index in [9.17, 15) is 4.79 Å². The maximum absolute atomic E-state index is 12.1. The third-order valence-corrected chi connectivity index (χ3v) is 2.89. The van der Waals surface area contributed by atoms with Gasteiger partial charge in [-0.25, -0.2) is 0 Å². The number of nitriles is 1. The van der Waals surface area contributed by atoms with Crippen LogP contribution < -0.4 is 5.73 Å². The highest BCUT2D eigenvalue weighted by Crippen LogP contribution is 2.10. The van der Waals surface area contributed by atoms with Crippen molar-refractivity contribution in [2.45, 2.75) is 32.9 Å². The Morgan fingerprint density at radius 1 is 1.47 bits per heavy atom. The maximum atomic E-state index is 12.1. The third-order valence-electron chi connectivity index (χ3n) is 2.89. The first-order valence-corrected chi connectivity index (χ1v) is 6.43. The van der Waals surface area contributed by atoms with Crippen LogP contribution in [0.5, 0.6) is 0 Å². The number of nitrogens with two attached hydrogens (primary N) is 1. The predicted octanol–water partition coefficient (Wildman–Crippen LogP) is 1.89. The zero-order chi connectivity index (χ0) is 14.4. The van der Waals surface area contributed by atoms with Gasteiger partial charge in [0.15, 0.2) is 0 Å². The first-order valence-electron chi connectivity index (χ1n) is 6.43. The zero-order valence-corrected chi connectivity index (χ0v) is 11.8. The molecule has 4 nitrogen and oxygen atoms in total. The van der Waals surface area contributed by atoms with Crippen LogP contribution in [0.3, 0.4) is 0 Å². The van der Waals surface area contributed by atoms with Crippen LogP contribution in [-0.2, 0) is 11.3 Å². The summed E-state index contributed by atoms with van der Waals surface area (Å²) in [5.41, 5.74) is 7.42. The van der Waals surface area contributed by atoms with Gasteiger partial charge in [0.1, 0.15) is 0 Å². The number of likely N-dealkylation sites (N-methyl/N-ethyl adjacent to an activating group) is 1. The Bertz CT molecular complexity index is 477. The second-order valence-corrected chi connectivity index (χ2v) is 5.24. The number of nitrogens with zero attached hydrogens (tertiary/aromatic N) is 2. The predicted molar refractivity (Wildman–Crippen MR) is 75.1 cm³/mol. The van der Waals surface area contributed by atoms with Crippen molar-refractivity contribution < 1.29 is 4.79 Å². The molecule has 0 unspecified atom stereocenters. The van der Waals surface area contributed by atoms with E-state index < -0.39 is 6.04 Å². The zero-order valence-electron chi connectivity index (χ0n) is 11.8. The van der Waals surface area contributed by atoms with Gasteiger partial charge in [-0.05, 0) is 30.0 Å². The first kappa shape index (κ1) is 15.2. The van der Waals surface area contributed by atoms with Crippen molar-refractivity contribution in [1.82, 2.24) is 4.90 Å². The highest BCUT2D eigenvalue weighted by Gasteiger charge is 2.19. The van der Waals surface area contributed by atoms with Gasteiger partial charge < -0.3 is 10.6 Å². The fourth-order valence-electron chi connectivity index (χ4n) is 1.98. The number of carbonyl (C=O) groups is 1. The molecular formula is C15H21N3O. The van der Waals surface area contributed by atoms with Gasteiger partial charge in [0.25, 0.3) is 0 Å². The number of hydrogen-bond donors (Lipinski definition) is 1. The van der Waals surface area contributed by atoms with Crippen LogP contribution in [0, 0.1) is 17.2 Å². The van der Waals surface area contributed by atoms with Crippen LogP contribution in [0.15, 0.2) is 24.3 Å². The first-order chi connectivity index (χ1) is 8.93. The highest BCUT2D eigenvalue weighted by molar-refractivity contribution is 5.81. The summed E-state index contributed by atoms with van der Waals surface area (Å²) in [6.45, 7) is 4.56. The molecule has 1 atom stereocenters. The molecule has 0 spiro atoms. The second kappa shape index (κ2) is 6.91. The van der Waals surface area contributed by atoms with Gasteiger partial charge in [0, 0.05) is 13.6 Å². The van der Waals surface area contributed by atoms with Crippen molar-refractivity contribution in [2.24, 2.45) is 11.7 Å². The van der Waals surface area contributed by atoms with Gasteiger partial charge in [-0.1, -0.05) is 26.0 Å². The van der Waals surface area contributed by atoms with E-state index in [1.807, 2.05) is 26.0 Å². The molecule has 1 aromatic carbocycles. The number of hydrogen-bond acceptors (Lipinski definition) is 3. The number of rotatable bonds is 5. The Labute approximate surface area is 114 Å². The van der Waals surface area contributed by atoms with Crippen molar-refractivity contribution in [1.29, 1.82) is 5.26 Å². The summed E-state index contributed by atoms with van der Waals surface area (Å²) in [5.74, 6) is 0.338. The molecule has 0 aromatic heterocycles. The van der Waals surface area contributed by atoms with E-state index in [-0.39, 0.29) is 5.91 Å². The Balaban J connectivity index is 2.66. The molecular weight excluding hydrogens is 238 g/mol. The third kappa shape index (κ3) is 4.72. The minimum atomic E-state index is -0.454. The van der Waals surface area contributed by atoms with Gasteiger partial charge in [-0.3, -0.25) is 4.79 Å². The molecule has 2 N–H and O–H groups in total. The Kier molecular flexibility index (Phi) is 5.53. The van der Waals surface area contributed by atoms with Gasteiger partial charge in [0.2, 0.25) is 5.91 Å². The molecule has 1 rings (SSSR count). The smallest absolute Gasteiger partial charge is 0.239 e. The average Bonchev–Trinajstić information content (AvgIpc) is 2.37. The number of carbonyl (C=O) groups excluding carboxylic acids is 1. The average molecular weight is 259 g/mol. The lowest BCUT2D eigenvalue weighted by molar-refractivity contribution is -0.132. The van der Waals surface area contributed by atoms with E-state index >= 15 is 0 Å². The summed E-state index contributed by atoms with van der Waals surface area (Å²) in [7, 11) is 1.74. The van der Waals surface area contributed by atoms with E-state index in [1.165, 1.54) is 0 Å². The quantitative estimate of drug-likeness (QED) is 0.877. The molecule has 1 aromatic rings.